The summed E-state index contributed by atoms with van der Waals surface area (Å²) < 4.78 is 32.8. The van der Waals surface area contributed by atoms with E-state index >= 15 is 0 Å². The summed E-state index contributed by atoms with van der Waals surface area (Å²) in [7, 11) is 2.97. The largest absolute Gasteiger partial charge is 0.494 e. The van der Waals surface area contributed by atoms with Gasteiger partial charge in [0.25, 0.3) is 12.3 Å². The molecule has 0 bridgehead atoms. The van der Waals surface area contributed by atoms with Gasteiger partial charge in [-0.2, -0.15) is 5.10 Å². The van der Waals surface area contributed by atoms with Gasteiger partial charge in [-0.1, -0.05) is 6.07 Å². The summed E-state index contributed by atoms with van der Waals surface area (Å²) in [6.45, 7) is 3.03. The maximum Gasteiger partial charge on any atom is 0.258 e. The monoisotopic (exact) mass is 509 g/mol. The average molecular weight is 510 g/mol. The molecule has 11 nitrogen and oxygen atoms in total. The third kappa shape index (κ3) is 5.77. The smallest absolute Gasteiger partial charge is 0.258 e. The highest BCUT2D eigenvalue weighted by atomic mass is 19.3. The van der Waals surface area contributed by atoms with Crippen LogP contribution in [0.3, 0.4) is 0 Å². The van der Waals surface area contributed by atoms with Crippen LogP contribution in [-0.2, 0) is 6.54 Å². The van der Waals surface area contributed by atoms with Crippen LogP contribution in [0.25, 0.3) is 11.4 Å². The minimum Gasteiger partial charge on any atom is -0.494 e. The molecular formula is C24H25F2N9O2. The third-order valence-electron chi connectivity index (χ3n) is 5.25. The SMILES string of the molecule is CNC(=O)c1cnc(Nc2cc(C)nc(C)n2)cc1Nc1cccc(-c2ncnn2CC(F)F)c1OC. The normalized spacial score (nSPS) is 10.9. The zero-order valence-electron chi connectivity index (χ0n) is 20.6. The second-order valence-corrected chi connectivity index (χ2v) is 7.93. The second-order valence-electron chi connectivity index (χ2n) is 7.93. The van der Waals surface area contributed by atoms with Crippen molar-refractivity contribution in [3.8, 4) is 17.1 Å². The van der Waals surface area contributed by atoms with Crippen LogP contribution in [0, 0.1) is 13.8 Å². The predicted molar refractivity (Wildman–Crippen MR) is 134 cm³/mol. The van der Waals surface area contributed by atoms with Crippen LogP contribution in [0.4, 0.5) is 31.8 Å². The summed E-state index contributed by atoms with van der Waals surface area (Å²) >= 11 is 0. The fourth-order valence-electron chi connectivity index (χ4n) is 3.77. The minimum atomic E-state index is -2.60. The molecule has 3 N–H and O–H groups in total. The molecule has 192 valence electrons. The molecule has 0 saturated carbocycles. The number of nitrogens with one attached hydrogen (secondary N) is 3. The Hall–Kier alpha value is -4.68. The number of carbonyl (C=O) groups excluding carboxylic acids is 1. The van der Waals surface area contributed by atoms with E-state index in [0.29, 0.717) is 40.1 Å². The van der Waals surface area contributed by atoms with Gasteiger partial charge in [0.05, 0.1) is 29.6 Å². The Morgan fingerprint density at radius 2 is 1.89 bits per heavy atom. The van der Waals surface area contributed by atoms with Crippen molar-refractivity contribution >= 4 is 28.9 Å². The van der Waals surface area contributed by atoms with E-state index < -0.39 is 13.0 Å². The average Bonchev–Trinajstić information content (AvgIpc) is 3.30. The molecule has 3 heterocycles. The first-order valence-electron chi connectivity index (χ1n) is 11.2. The van der Waals surface area contributed by atoms with Crippen LogP contribution < -0.4 is 20.7 Å². The van der Waals surface area contributed by atoms with Gasteiger partial charge in [-0.3, -0.25) is 4.79 Å². The van der Waals surface area contributed by atoms with Gasteiger partial charge in [0.1, 0.15) is 30.3 Å². The molecule has 0 saturated heterocycles. The van der Waals surface area contributed by atoms with Crippen molar-refractivity contribution in [2.45, 2.75) is 26.8 Å². The fourth-order valence-corrected chi connectivity index (χ4v) is 3.77. The number of methoxy groups -OCH3 is 1. The zero-order valence-corrected chi connectivity index (χ0v) is 20.6. The lowest BCUT2D eigenvalue weighted by atomic mass is 10.1. The lowest BCUT2D eigenvalue weighted by Gasteiger charge is -2.17. The number of hydrogen-bond donors (Lipinski definition) is 3. The highest BCUT2D eigenvalue weighted by Crippen LogP contribution is 2.38. The van der Waals surface area contributed by atoms with E-state index in [1.165, 1.54) is 26.7 Å². The van der Waals surface area contributed by atoms with Gasteiger partial charge in [-0.25, -0.2) is 33.4 Å². The molecule has 1 amide bonds. The Morgan fingerprint density at radius 3 is 2.59 bits per heavy atom. The summed E-state index contributed by atoms with van der Waals surface area (Å²) in [6.07, 6.45) is 0.0336. The third-order valence-corrected chi connectivity index (χ3v) is 5.25. The first-order valence-corrected chi connectivity index (χ1v) is 11.2. The van der Waals surface area contributed by atoms with Gasteiger partial charge in [-0.05, 0) is 26.0 Å². The number of aromatic nitrogens is 6. The minimum absolute atomic E-state index is 0.221. The Bertz CT molecular complexity index is 1410. The van der Waals surface area contributed by atoms with Crippen LogP contribution in [0.1, 0.15) is 21.9 Å². The number of anilines is 4. The summed E-state index contributed by atoms with van der Waals surface area (Å²) in [6, 6.07) is 8.57. The van der Waals surface area contributed by atoms with Crippen LogP contribution >= 0.6 is 0 Å². The summed E-state index contributed by atoms with van der Waals surface area (Å²) in [5.41, 5.74) is 2.41. The number of rotatable bonds is 9. The van der Waals surface area contributed by atoms with Gasteiger partial charge in [-0.15, -0.1) is 0 Å². The van der Waals surface area contributed by atoms with Crippen molar-refractivity contribution < 1.29 is 18.3 Å². The van der Waals surface area contributed by atoms with E-state index in [2.05, 4.69) is 41.0 Å². The van der Waals surface area contributed by atoms with Crippen molar-refractivity contribution in [1.82, 2.24) is 35.0 Å². The zero-order chi connectivity index (χ0) is 26.5. The predicted octanol–water partition coefficient (Wildman–Crippen LogP) is 3.87. The number of ether oxygens (including phenoxy) is 1. The highest BCUT2D eigenvalue weighted by Gasteiger charge is 2.20. The topological polar surface area (TPSA) is 132 Å². The summed E-state index contributed by atoms with van der Waals surface area (Å²) in [5.74, 6) is 1.78. The Kier molecular flexibility index (Phi) is 7.51. The van der Waals surface area contributed by atoms with Crippen molar-refractivity contribution in [3.05, 3.63) is 59.9 Å². The molecule has 0 radical (unpaired) electrons. The van der Waals surface area contributed by atoms with Gasteiger partial charge >= 0.3 is 0 Å². The molecule has 0 fully saturated rings. The molecule has 0 aliphatic rings. The first kappa shape index (κ1) is 25.4. The number of carbonyl (C=O) groups is 1. The van der Waals surface area contributed by atoms with E-state index in [1.54, 1.807) is 37.3 Å². The molecule has 0 aliphatic heterocycles. The summed E-state index contributed by atoms with van der Waals surface area (Å²) in [5, 5.41) is 12.8. The van der Waals surface area contributed by atoms with Gasteiger partial charge in [0, 0.05) is 31.1 Å². The molecular weight excluding hydrogens is 484 g/mol. The van der Waals surface area contributed by atoms with Gasteiger partial charge in [0.15, 0.2) is 11.6 Å². The maximum absolute atomic E-state index is 13.0. The molecule has 4 aromatic rings. The fraction of sp³-hybridized carbons (Fsp3) is 0.250. The summed E-state index contributed by atoms with van der Waals surface area (Å²) in [4.78, 5) is 29.7. The molecule has 37 heavy (non-hydrogen) atoms. The standard InChI is InChI=1S/C24H25F2N9O2/c1-13-8-21(32-14(2)31-13)34-20-9-18(16(10-28-20)24(36)27-3)33-17-7-5-6-15(22(17)37-4)23-29-12-30-35(23)11-19(25)26/h5-10,12,19H,11H2,1-4H3,(H,27,36)(H2,28,31,32,33,34). The molecule has 0 atom stereocenters. The number of amides is 1. The van der Waals surface area contributed by atoms with E-state index in [1.807, 2.05) is 6.92 Å². The van der Waals surface area contributed by atoms with E-state index in [4.69, 9.17) is 4.74 Å². The number of alkyl halides is 2. The van der Waals surface area contributed by atoms with Gasteiger partial charge < -0.3 is 20.7 Å². The van der Waals surface area contributed by atoms with Crippen LogP contribution in [0.2, 0.25) is 0 Å². The lowest BCUT2D eigenvalue weighted by molar-refractivity contribution is 0.0963. The Morgan fingerprint density at radius 1 is 1.08 bits per heavy atom. The van der Waals surface area contributed by atoms with Crippen LogP contribution in [0.5, 0.6) is 5.75 Å². The number of pyridine rings is 1. The van der Waals surface area contributed by atoms with Gasteiger partial charge in [0.2, 0.25) is 0 Å². The van der Waals surface area contributed by atoms with E-state index in [0.717, 1.165) is 10.4 Å². The van der Waals surface area contributed by atoms with E-state index in [-0.39, 0.29) is 17.3 Å². The number of halogens is 2. The molecule has 1 aromatic carbocycles. The number of benzene rings is 1. The number of aryl methyl sites for hydroxylation is 2. The van der Waals surface area contributed by atoms with Crippen molar-refractivity contribution in [2.24, 2.45) is 0 Å². The number of hydrogen-bond acceptors (Lipinski definition) is 9. The van der Waals surface area contributed by atoms with E-state index in [9.17, 15) is 13.6 Å². The maximum atomic E-state index is 13.0. The molecule has 4 rings (SSSR count). The molecule has 0 unspecified atom stereocenters. The van der Waals surface area contributed by atoms with Crippen molar-refractivity contribution in [2.75, 3.05) is 24.8 Å². The number of para-hydroxylation sites is 1. The Labute approximate surface area is 211 Å². The highest BCUT2D eigenvalue weighted by molar-refractivity contribution is 6.00. The van der Waals surface area contributed by atoms with Crippen LogP contribution in [-0.4, -0.2) is 56.2 Å². The second kappa shape index (κ2) is 10.9. The van der Waals surface area contributed by atoms with Crippen LogP contribution in [0.15, 0.2) is 42.9 Å². The lowest BCUT2D eigenvalue weighted by Crippen LogP contribution is -2.19. The number of nitrogens with zero attached hydrogens (tertiary/aromatic N) is 6. The molecule has 0 spiro atoms. The Balaban J connectivity index is 1.74. The molecule has 0 aliphatic carbocycles. The van der Waals surface area contributed by atoms with Crippen molar-refractivity contribution in [1.29, 1.82) is 0 Å². The first-order chi connectivity index (χ1) is 17.8. The molecule has 3 aromatic heterocycles. The quantitative estimate of drug-likeness (QED) is 0.308. The van der Waals surface area contributed by atoms with Crippen molar-refractivity contribution in [3.63, 3.8) is 0 Å². The molecule has 13 heteroatoms.